The van der Waals surface area contributed by atoms with E-state index in [1.807, 2.05) is 0 Å². The monoisotopic (exact) mass is 676 g/mol. The van der Waals surface area contributed by atoms with Gasteiger partial charge in [0.05, 0.1) is 28.4 Å². The molecule has 3 aliphatic rings. The molecule has 0 radical (unpaired) electrons. The summed E-state index contributed by atoms with van der Waals surface area (Å²) in [7, 11) is 0. The number of rotatable bonds is 4. The van der Waals surface area contributed by atoms with Gasteiger partial charge in [0, 0.05) is 39.8 Å². The maximum Gasteiger partial charge on any atom is 0.252 e. The Hall–Kier alpha value is -6.98. The Morgan fingerprint density at radius 2 is 0.604 bits per heavy atom. The second-order valence-electron chi connectivity index (χ2n) is 13.7. The van der Waals surface area contributed by atoms with Gasteiger partial charge < -0.3 is 19.6 Å². The number of hydrogen-bond acceptors (Lipinski definition) is 4. The summed E-state index contributed by atoms with van der Waals surface area (Å²) in [5, 5.41) is 0. The van der Waals surface area contributed by atoms with Crippen LogP contribution < -0.4 is 36.0 Å². The van der Waals surface area contributed by atoms with Crippen LogP contribution in [0.4, 0.5) is 68.2 Å². The first-order chi connectivity index (χ1) is 26.4. The first-order valence-corrected chi connectivity index (χ1v) is 18.3. The summed E-state index contributed by atoms with van der Waals surface area (Å²) >= 11 is 0. The normalized spacial score (nSPS) is 13.5. The molecule has 0 spiro atoms. The van der Waals surface area contributed by atoms with Crippen LogP contribution in [-0.4, -0.2) is 6.71 Å². The third-order valence-electron chi connectivity index (χ3n) is 10.9. The summed E-state index contributed by atoms with van der Waals surface area (Å²) in [6.07, 6.45) is 0. The Labute approximate surface area is 310 Å². The summed E-state index contributed by atoms with van der Waals surface area (Å²) in [5.74, 6) is 0. The number of hydrogen-bond donors (Lipinski definition) is 0. The van der Waals surface area contributed by atoms with Gasteiger partial charge in [0.1, 0.15) is 0 Å². The van der Waals surface area contributed by atoms with Crippen LogP contribution in [-0.2, 0) is 0 Å². The fourth-order valence-electron chi connectivity index (χ4n) is 8.83. The van der Waals surface area contributed by atoms with Crippen molar-refractivity contribution >= 4 is 91.3 Å². The fraction of sp³-hybridized carbons (Fsp3) is 0. The second kappa shape index (κ2) is 11.8. The number of benzene rings is 8. The van der Waals surface area contributed by atoms with Crippen molar-refractivity contribution in [2.24, 2.45) is 0 Å². The lowest BCUT2D eigenvalue weighted by atomic mass is 9.33. The molecule has 248 valence electrons. The molecule has 0 aliphatic carbocycles. The van der Waals surface area contributed by atoms with Gasteiger partial charge in [-0.3, -0.25) is 0 Å². The van der Waals surface area contributed by atoms with E-state index < -0.39 is 0 Å². The van der Waals surface area contributed by atoms with Crippen LogP contribution in [0.15, 0.2) is 200 Å². The average molecular weight is 677 g/mol. The van der Waals surface area contributed by atoms with Crippen molar-refractivity contribution in [3.05, 3.63) is 200 Å². The van der Waals surface area contributed by atoms with Crippen LogP contribution in [0.3, 0.4) is 0 Å². The maximum atomic E-state index is 2.52. The zero-order valence-corrected chi connectivity index (χ0v) is 28.9. The van der Waals surface area contributed by atoms with E-state index in [2.05, 4.69) is 220 Å². The van der Waals surface area contributed by atoms with Crippen molar-refractivity contribution in [1.29, 1.82) is 0 Å². The van der Waals surface area contributed by atoms with Gasteiger partial charge in [0.25, 0.3) is 6.71 Å². The smallest absolute Gasteiger partial charge is 0.252 e. The zero-order valence-electron chi connectivity index (χ0n) is 28.9. The minimum Gasteiger partial charge on any atom is -0.311 e. The molecule has 0 atom stereocenters. The van der Waals surface area contributed by atoms with Gasteiger partial charge in [0.2, 0.25) is 0 Å². The molecule has 0 bridgehead atoms. The van der Waals surface area contributed by atoms with E-state index in [4.69, 9.17) is 0 Å². The molecule has 5 heteroatoms. The van der Waals surface area contributed by atoms with E-state index in [-0.39, 0.29) is 6.71 Å². The largest absolute Gasteiger partial charge is 0.311 e. The molecule has 0 unspecified atom stereocenters. The van der Waals surface area contributed by atoms with E-state index >= 15 is 0 Å². The molecule has 0 N–H and O–H groups in total. The van der Waals surface area contributed by atoms with Crippen LogP contribution in [0.1, 0.15) is 0 Å². The molecule has 0 aromatic heterocycles. The minimum atomic E-state index is 0.0117. The highest BCUT2D eigenvalue weighted by atomic mass is 15.3. The predicted molar refractivity (Wildman–Crippen MR) is 223 cm³/mol. The Morgan fingerprint density at radius 3 is 1.09 bits per heavy atom. The average Bonchev–Trinajstić information content (AvgIpc) is 3.24. The van der Waals surface area contributed by atoms with Crippen LogP contribution in [0.25, 0.3) is 0 Å². The fourth-order valence-corrected chi connectivity index (χ4v) is 8.83. The van der Waals surface area contributed by atoms with Crippen molar-refractivity contribution in [3.8, 4) is 0 Å². The van der Waals surface area contributed by atoms with Crippen molar-refractivity contribution in [1.82, 2.24) is 0 Å². The van der Waals surface area contributed by atoms with Crippen LogP contribution in [0, 0.1) is 0 Å². The number of fused-ring (bicyclic) bond motifs is 7. The van der Waals surface area contributed by atoms with Gasteiger partial charge in [-0.25, -0.2) is 0 Å². The summed E-state index contributed by atoms with van der Waals surface area (Å²) in [6.45, 7) is 0.0117. The molecule has 4 nitrogen and oxygen atoms in total. The highest BCUT2D eigenvalue weighted by Gasteiger charge is 2.47. The molecule has 0 amide bonds. The molecule has 8 aromatic rings. The van der Waals surface area contributed by atoms with Gasteiger partial charge in [-0.05, 0) is 95.3 Å². The van der Waals surface area contributed by atoms with Crippen LogP contribution in [0.5, 0.6) is 0 Å². The number of anilines is 12. The summed E-state index contributed by atoms with van der Waals surface area (Å²) in [5.41, 5.74) is 17.7. The molecular formula is C48H33BN4. The number of para-hydroxylation sites is 8. The molecule has 8 aromatic carbocycles. The van der Waals surface area contributed by atoms with Crippen LogP contribution >= 0.6 is 0 Å². The van der Waals surface area contributed by atoms with E-state index in [0.29, 0.717) is 0 Å². The maximum absolute atomic E-state index is 2.52. The molecule has 53 heavy (non-hydrogen) atoms. The van der Waals surface area contributed by atoms with E-state index in [1.165, 1.54) is 39.1 Å². The topological polar surface area (TPSA) is 13.0 Å². The Bertz CT molecular complexity index is 2640. The lowest BCUT2D eigenvalue weighted by Gasteiger charge is -2.49. The van der Waals surface area contributed by atoms with Crippen molar-refractivity contribution in [2.75, 3.05) is 19.6 Å². The Morgan fingerprint density at radius 1 is 0.264 bits per heavy atom. The molecule has 0 saturated heterocycles. The van der Waals surface area contributed by atoms with E-state index in [0.717, 1.165) is 45.5 Å². The molecule has 0 saturated carbocycles. The molecule has 11 rings (SSSR count). The van der Waals surface area contributed by atoms with E-state index in [1.54, 1.807) is 0 Å². The van der Waals surface area contributed by atoms with Crippen molar-refractivity contribution in [3.63, 3.8) is 0 Å². The Balaban J connectivity index is 1.36. The number of nitrogens with zero attached hydrogens (tertiary/aromatic N) is 4. The molecule has 0 fully saturated rings. The summed E-state index contributed by atoms with van der Waals surface area (Å²) in [4.78, 5) is 9.96. The SMILES string of the molecule is c1ccc(N2c3ccccc3B3c4ccccc4N(c4ccccc4)c4c3c2cc2c4N(c3ccccc3)c3ccccc3N2c2ccccc2)cc1. The molecule has 3 heterocycles. The minimum absolute atomic E-state index is 0.0117. The standard InChI is InChI=1S/C48H33BN4/c1-5-19-34(20-6-1)50-40-29-15-13-27-38(40)49-39-28-14-16-30-41(39)52(36-23-9-3-10-24-36)48-46(49)44(50)33-45-47(48)53(37-25-11-4-12-26-37)43-32-18-17-31-42(43)51(45)35-21-7-2-8-22-35/h1-33H. The molecule has 3 aliphatic heterocycles. The van der Waals surface area contributed by atoms with Gasteiger partial charge in [-0.2, -0.15) is 0 Å². The van der Waals surface area contributed by atoms with Gasteiger partial charge in [0.15, 0.2) is 0 Å². The summed E-state index contributed by atoms with van der Waals surface area (Å²) in [6, 6.07) is 72.7. The predicted octanol–water partition coefficient (Wildman–Crippen LogP) is 11.0. The first-order valence-electron chi connectivity index (χ1n) is 18.3. The second-order valence-corrected chi connectivity index (χ2v) is 13.7. The zero-order chi connectivity index (χ0) is 34.9. The Kier molecular flexibility index (Phi) is 6.61. The van der Waals surface area contributed by atoms with Crippen molar-refractivity contribution in [2.45, 2.75) is 0 Å². The van der Waals surface area contributed by atoms with E-state index in [9.17, 15) is 0 Å². The van der Waals surface area contributed by atoms with Gasteiger partial charge in [-0.15, -0.1) is 0 Å². The lowest BCUT2D eigenvalue weighted by molar-refractivity contribution is 1.15. The highest BCUT2D eigenvalue weighted by molar-refractivity contribution is 7.00. The summed E-state index contributed by atoms with van der Waals surface area (Å²) < 4.78 is 0. The third kappa shape index (κ3) is 4.38. The third-order valence-corrected chi connectivity index (χ3v) is 10.9. The van der Waals surface area contributed by atoms with Crippen molar-refractivity contribution < 1.29 is 0 Å². The van der Waals surface area contributed by atoms with Gasteiger partial charge >= 0.3 is 0 Å². The first kappa shape index (κ1) is 29.7. The highest BCUT2D eigenvalue weighted by Crippen LogP contribution is 2.60. The molecular weight excluding hydrogens is 643 g/mol. The van der Waals surface area contributed by atoms with Crippen LogP contribution in [0.2, 0.25) is 0 Å². The quantitative estimate of drug-likeness (QED) is 0.172. The lowest BCUT2D eigenvalue weighted by Crippen LogP contribution is -2.61. The van der Waals surface area contributed by atoms with Gasteiger partial charge in [-0.1, -0.05) is 121 Å².